The Hall–Kier alpha value is -0.860. The van der Waals surface area contributed by atoms with Crippen molar-refractivity contribution in [2.75, 3.05) is 13.1 Å². The Labute approximate surface area is 124 Å². The third-order valence-corrected chi connectivity index (χ3v) is 4.31. The summed E-state index contributed by atoms with van der Waals surface area (Å²) < 4.78 is 0. The van der Waals surface area contributed by atoms with Gasteiger partial charge in [-0.15, -0.1) is 0 Å². The molecule has 2 nitrogen and oxygen atoms in total. The summed E-state index contributed by atoms with van der Waals surface area (Å²) in [5.74, 6) is 0.770. The lowest BCUT2D eigenvalue weighted by Gasteiger charge is -2.41. The summed E-state index contributed by atoms with van der Waals surface area (Å²) in [5.41, 5.74) is 2.82. The van der Waals surface area contributed by atoms with Crippen LogP contribution in [0.1, 0.15) is 44.7 Å². The van der Waals surface area contributed by atoms with Crippen molar-refractivity contribution in [3.63, 3.8) is 0 Å². The maximum atomic E-state index is 3.74. The highest BCUT2D eigenvalue weighted by molar-refractivity contribution is 5.22. The van der Waals surface area contributed by atoms with Gasteiger partial charge < -0.3 is 5.32 Å². The zero-order valence-corrected chi connectivity index (χ0v) is 13.5. The van der Waals surface area contributed by atoms with Crippen LogP contribution >= 0.6 is 0 Å². The van der Waals surface area contributed by atoms with Crippen LogP contribution in [-0.2, 0) is 6.54 Å². The normalized spacial score (nSPS) is 24.2. The van der Waals surface area contributed by atoms with Crippen LogP contribution in [0.5, 0.6) is 0 Å². The monoisotopic (exact) mass is 274 g/mol. The third-order valence-electron chi connectivity index (χ3n) is 4.31. The van der Waals surface area contributed by atoms with Crippen molar-refractivity contribution in [1.82, 2.24) is 10.2 Å². The van der Waals surface area contributed by atoms with Crippen molar-refractivity contribution in [1.29, 1.82) is 0 Å². The minimum Gasteiger partial charge on any atom is -0.311 e. The van der Waals surface area contributed by atoms with Gasteiger partial charge in [0.2, 0.25) is 0 Å². The van der Waals surface area contributed by atoms with Crippen molar-refractivity contribution in [2.45, 2.75) is 59.2 Å². The molecule has 0 aromatic heterocycles. The van der Waals surface area contributed by atoms with Crippen LogP contribution in [-0.4, -0.2) is 30.1 Å². The SMILES string of the molecule is CCC1CNC(CC(C)C)CN1Cc1cccc(C)c1. The molecule has 2 heteroatoms. The molecule has 1 saturated heterocycles. The fraction of sp³-hybridized carbons (Fsp3) is 0.667. The molecule has 2 unspecified atom stereocenters. The van der Waals surface area contributed by atoms with Gasteiger partial charge in [0.25, 0.3) is 0 Å². The Morgan fingerprint density at radius 2 is 2.15 bits per heavy atom. The van der Waals surface area contributed by atoms with Crippen molar-refractivity contribution in [3.8, 4) is 0 Å². The van der Waals surface area contributed by atoms with E-state index in [-0.39, 0.29) is 0 Å². The summed E-state index contributed by atoms with van der Waals surface area (Å²) in [4.78, 5) is 2.68. The first kappa shape index (κ1) is 15.5. The lowest BCUT2D eigenvalue weighted by Crippen LogP contribution is -2.56. The van der Waals surface area contributed by atoms with Gasteiger partial charge in [0, 0.05) is 31.7 Å². The minimum atomic E-state index is 0.655. The second kappa shape index (κ2) is 7.24. The Morgan fingerprint density at radius 3 is 2.80 bits per heavy atom. The predicted molar refractivity (Wildman–Crippen MR) is 86.9 cm³/mol. The highest BCUT2D eigenvalue weighted by Crippen LogP contribution is 2.18. The van der Waals surface area contributed by atoms with E-state index in [1.54, 1.807) is 0 Å². The molecular weight excluding hydrogens is 244 g/mol. The van der Waals surface area contributed by atoms with Crippen LogP contribution in [0.25, 0.3) is 0 Å². The molecule has 1 fully saturated rings. The van der Waals surface area contributed by atoms with E-state index in [2.05, 4.69) is 62.2 Å². The maximum Gasteiger partial charge on any atom is 0.0237 e. The number of nitrogens with one attached hydrogen (secondary N) is 1. The molecule has 0 spiro atoms. The molecule has 1 aliphatic rings. The van der Waals surface area contributed by atoms with E-state index in [0.29, 0.717) is 12.1 Å². The molecule has 2 rings (SSSR count). The van der Waals surface area contributed by atoms with E-state index in [4.69, 9.17) is 0 Å². The average molecular weight is 274 g/mol. The molecule has 1 heterocycles. The van der Waals surface area contributed by atoms with Gasteiger partial charge in [-0.2, -0.15) is 0 Å². The molecule has 0 aliphatic carbocycles. The van der Waals surface area contributed by atoms with E-state index in [1.165, 1.54) is 30.5 Å². The summed E-state index contributed by atoms with van der Waals surface area (Å²) in [6.45, 7) is 12.5. The Kier molecular flexibility index (Phi) is 5.62. The molecule has 0 bridgehead atoms. The number of benzene rings is 1. The van der Waals surface area contributed by atoms with E-state index in [1.807, 2.05) is 0 Å². The summed E-state index contributed by atoms with van der Waals surface area (Å²) >= 11 is 0. The van der Waals surface area contributed by atoms with Crippen LogP contribution in [0.2, 0.25) is 0 Å². The van der Waals surface area contributed by atoms with Crippen molar-refractivity contribution in [2.24, 2.45) is 5.92 Å². The highest BCUT2D eigenvalue weighted by atomic mass is 15.2. The molecule has 1 aromatic carbocycles. The smallest absolute Gasteiger partial charge is 0.0237 e. The van der Waals surface area contributed by atoms with Crippen molar-refractivity contribution < 1.29 is 0 Å². The molecule has 1 N–H and O–H groups in total. The molecule has 0 saturated carbocycles. The van der Waals surface area contributed by atoms with Crippen molar-refractivity contribution in [3.05, 3.63) is 35.4 Å². The second-order valence-corrected chi connectivity index (χ2v) is 6.72. The van der Waals surface area contributed by atoms with Gasteiger partial charge in [-0.1, -0.05) is 50.6 Å². The third kappa shape index (κ3) is 4.32. The van der Waals surface area contributed by atoms with Crippen LogP contribution in [0.3, 0.4) is 0 Å². The predicted octanol–water partition coefficient (Wildman–Crippen LogP) is 3.59. The zero-order valence-electron chi connectivity index (χ0n) is 13.5. The fourth-order valence-electron chi connectivity index (χ4n) is 3.30. The van der Waals surface area contributed by atoms with Crippen LogP contribution < -0.4 is 5.32 Å². The first-order valence-corrected chi connectivity index (χ1v) is 8.11. The van der Waals surface area contributed by atoms with Crippen molar-refractivity contribution >= 4 is 0 Å². The van der Waals surface area contributed by atoms with E-state index in [0.717, 1.165) is 19.0 Å². The Morgan fingerprint density at radius 1 is 1.35 bits per heavy atom. The molecular formula is C18H30N2. The molecule has 2 atom stereocenters. The number of rotatable bonds is 5. The second-order valence-electron chi connectivity index (χ2n) is 6.72. The lowest BCUT2D eigenvalue weighted by molar-refractivity contribution is 0.111. The van der Waals surface area contributed by atoms with Gasteiger partial charge in [-0.3, -0.25) is 4.90 Å². The Bertz CT molecular complexity index is 414. The highest BCUT2D eigenvalue weighted by Gasteiger charge is 2.26. The van der Waals surface area contributed by atoms with Gasteiger partial charge in [0.05, 0.1) is 0 Å². The molecule has 1 aromatic rings. The quantitative estimate of drug-likeness (QED) is 0.882. The molecule has 112 valence electrons. The minimum absolute atomic E-state index is 0.655. The number of aryl methyl sites for hydroxylation is 1. The topological polar surface area (TPSA) is 15.3 Å². The first-order chi connectivity index (χ1) is 9.58. The molecule has 0 amide bonds. The number of hydrogen-bond acceptors (Lipinski definition) is 2. The van der Waals surface area contributed by atoms with Gasteiger partial charge in [-0.25, -0.2) is 0 Å². The summed E-state index contributed by atoms with van der Waals surface area (Å²) in [6, 6.07) is 10.3. The average Bonchev–Trinajstić information content (AvgIpc) is 2.38. The number of piperazine rings is 1. The van der Waals surface area contributed by atoms with Crippen LogP contribution in [0, 0.1) is 12.8 Å². The zero-order chi connectivity index (χ0) is 14.5. The standard InChI is InChI=1S/C18H30N2/c1-5-18-11-19-17(9-14(2)3)13-20(18)12-16-8-6-7-15(4)10-16/h6-8,10,14,17-19H,5,9,11-13H2,1-4H3. The van der Waals surface area contributed by atoms with Gasteiger partial charge >= 0.3 is 0 Å². The van der Waals surface area contributed by atoms with Gasteiger partial charge in [0.15, 0.2) is 0 Å². The summed E-state index contributed by atoms with van der Waals surface area (Å²) in [5, 5.41) is 3.74. The largest absolute Gasteiger partial charge is 0.311 e. The van der Waals surface area contributed by atoms with E-state index in [9.17, 15) is 0 Å². The fourth-order valence-corrected chi connectivity index (χ4v) is 3.30. The van der Waals surface area contributed by atoms with Crippen LogP contribution in [0.15, 0.2) is 24.3 Å². The summed E-state index contributed by atoms with van der Waals surface area (Å²) in [7, 11) is 0. The molecule has 0 radical (unpaired) electrons. The van der Waals surface area contributed by atoms with Gasteiger partial charge in [-0.05, 0) is 31.2 Å². The Balaban J connectivity index is 2.01. The first-order valence-electron chi connectivity index (χ1n) is 8.11. The lowest BCUT2D eigenvalue weighted by atomic mass is 9.98. The number of hydrogen-bond donors (Lipinski definition) is 1. The van der Waals surface area contributed by atoms with E-state index >= 15 is 0 Å². The number of nitrogens with zero attached hydrogens (tertiary/aromatic N) is 1. The van der Waals surface area contributed by atoms with E-state index < -0.39 is 0 Å². The van der Waals surface area contributed by atoms with Crippen LogP contribution in [0.4, 0.5) is 0 Å². The molecule has 1 aliphatic heterocycles. The van der Waals surface area contributed by atoms with Gasteiger partial charge in [0.1, 0.15) is 0 Å². The molecule has 20 heavy (non-hydrogen) atoms. The summed E-state index contributed by atoms with van der Waals surface area (Å²) in [6.07, 6.45) is 2.51. The maximum absolute atomic E-state index is 3.74.